The highest BCUT2D eigenvalue weighted by molar-refractivity contribution is 6.22. The van der Waals surface area contributed by atoms with E-state index < -0.39 is 34.9 Å². The van der Waals surface area contributed by atoms with Crippen molar-refractivity contribution in [3.63, 3.8) is 0 Å². The van der Waals surface area contributed by atoms with E-state index in [2.05, 4.69) is 0 Å². The van der Waals surface area contributed by atoms with Gasteiger partial charge in [-0.3, -0.25) is 4.79 Å². The van der Waals surface area contributed by atoms with Crippen LogP contribution >= 0.6 is 0 Å². The van der Waals surface area contributed by atoms with Gasteiger partial charge in [0.2, 0.25) is 0 Å². The molecule has 0 bridgehead atoms. The highest BCUT2D eigenvalue weighted by atomic mass is 19.4. The van der Waals surface area contributed by atoms with Crippen molar-refractivity contribution in [1.29, 1.82) is 0 Å². The van der Waals surface area contributed by atoms with E-state index in [1.165, 1.54) is 24.3 Å². The summed E-state index contributed by atoms with van der Waals surface area (Å²) in [6.45, 7) is 0. The van der Waals surface area contributed by atoms with Crippen molar-refractivity contribution >= 4 is 17.2 Å². The standard InChI is InChI=1S/C27H16F6N2O/c28-26(29,30)21-11-15(3-7-23(21)34)13-1-5-17-18-6-2-14(10-20(18)25(36)19(17)9-13)16-4-8-24(35)22(12-16)27(31,32)33/h1-12H,34-35H2. The van der Waals surface area contributed by atoms with E-state index in [1.54, 1.807) is 24.3 Å². The highest BCUT2D eigenvalue weighted by Gasteiger charge is 2.35. The van der Waals surface area contributed by atoms with Crippen LogP contribution in [0, 0.1) is 0 Å². The smallest absolute Gasteiger partial charge is 0.398 e. The van der Waals surface area contributed by atoms with E-state index in [0.717, 1.165) is 24.3 Å². The lowest BCUT2D eigenvalue weighted by molar-refractivity contribution is -0.137. The van der Waals surface area contributed by atoms with Gasteiger partial charge in [-0.1, -0.05) is 36.4 Å². The average molecular weight is 498 g/mol. The normalized spacial score (nSPS) is 13.0. The molecule has 0 amide bonds. The number of alkyl halides is 6. The molecule has 0 aliphatic heterocycles. The first-order valence-electron chi connectivity index (χ1n) is 10.6. The lowest BCUT2D eigenvalue weighted by Crippen LogP contribution is -2.09. The van der Waals surface area contributed by atoms with Gasteiger partial charge in [-0.15, -0.1) is 0 Å². The molecule has 4 N–H and O–H groups in total. The van der Waals surface area contributed by atoms with Crippen LogP contribution in [0.4, 0.5) is 37.7 Å². The minimum absolute atomic E-state index is 0.241. The summed E-state index contributed by atoms with van der Waals surface area (Å²) in [5.74, 6) is -0.373. The molecule has 0 saturated heterocycles. The minimum Gasteiger partial charge on any atom is -0.398 e. The van der Waals surface area contributed by atoms with Crippen molar-refractivity contribution in [3.05, 3.63) is 95.1 Å². The van der Waals surface area contributed by atoms with Crippen LogP contribution in [0.25, 0.3) is 33.4 Å². The number of nitrogens with two attached hydrogens (primary N) is 2. The minimum atomic E-state index is -4.63. The molecule has 0 saturated carbocycles. The molecule has 1 aliphatic rings. The fourth-order valence-electron chi connectivity index (χ4n) is 4.40. The van der Waals surface area contributed by atoms with Crippen LogP contribution in [0.15, 0.2) is 72.8 Å². The SMILES string of the molecule is Nc1ccc(-c2ccc3c(c2)C(=O)c2cc(-c4ccc(N)c(C(F)(F)F)c4)ccc2-3)cc1C(F)(F)F. The van der Waals surface area contributed by atoms with Crippen LogP contribution in [0.5, 0.6) is 0 Å². The molecule has 0 radical (unpaired) electrons. The molecule has 0 fully saturated rings. The monoisotopic (exact) mass is 498 g/mol. The second-order valence-corrected chi connectivity index (χ2v) is 8.45. The second-order valence-electron chi connectivity index (χ2n) is 8.45. The number of rotatable bonds is 2. The van der Waals surface area contributed by atoms with Crippen molar-refractivity contribution < 1.29 is 31.1 Å². The number of carbonyl (C=O) groups excluding carboxylic acids is 1. The number of hydrogen-bond acceptors (Lipinski definition) is 3. The Morgan fingerprint density at radius 2 is 0.806 bits per heavy atom. The van der Waals surface area contributed by atoms with Crippen molar-refractivity contribution in [2.45, 2.75) is 12.4 Å². The summed E-state index contributed by atoms with van der Waals surface area (Å²) >= 11 is 0. The molecule has 0 atom stereocenters. The Labute approximate surface area is 201 Å². The van der Waals surface area contributed by atoms with Crippen LogP contribution in [0.2, 0.25) is 0 Å². The zero-order valence-electron chi connectivity index (χ0n) is 18.3. The van der Waals surface area contributed by atoms with Crippen LogP contribution < -0.4 is 11.5 Å². The Morgan fingerprint density at radius 3 is 1.17 bits per heavy atom. The molecule has 9 heteroatoms. The highest BCUT2D eigenvalue weighted by Crippen LogP contribution is 2.43. The zero-order valence-corrected chi connectivity index (χ0v) is 18.3. The van der Waals surface area contributed by atoms with Gasteiger partial charge in [-0.2, -0.15) is 26.3 Å². The van der Waals surface area contributed by atoms with Gasteiger partial charge in [0.15, 0.2) is 5.78 Å². The molecule has 4 aromatic rings. The molecule has 182 valence electrons. The quantitative estimate of drug-likeness (QED) is 0.196. The van der Waals surface area contributed by atoms with E-state index in [1.807, 2.05) is 0 Å². The molecule has 3 nitrogen and oxygen atoms in total. The number of ketones is 1. The summed E-state index contributed by atoms with van der Waals surface area (Å²) in [7, 11) is 0. The van der Waals surface area contributed by atoms with E-state index >= 15 is 0 Å². The molecular formula is C27H16F6N2O. The first-order valence-corrected chi connectivity index (χ1v) is 10.6. The number of halogens is 6. The van der Waals surface area contributed by atoms with Gasteiger partial charge < -0.3 is 11.5 Å². The Balaban J connectivity index is 1.55. The van der Waals surface area contributed by atoms with Crippen molar-refractivity contribution in [1.82, 2.24) is 0 Å². The molecular weight excluding hydrogens is 482 g/mol. The van der Waals surface area contributed by atoms with Crippen molar-refractivity contribution in [2.24, 2.45) is 0 Å². The third-order valence-corrected chi connectivity index (χ3v) is 6.20. The van der Waals surface area contributed by atoms with Crippen LogP contribution in [0.1, 0.15) is 27.0 Å². The predicted molar refractivity (Wildman–Crippen MR) is 125 cm³/mol. The fraction of sp³-hybridized carbons (Fsp3) is 0.0741. The van der Waals surface area contributed by atoms with Gasteiger partial charge >= 0.3 is 12.4 Å². The first kappa shape index (κ1) is 23.5. The summed E-state index contributed by atoms with van der Waals surface area (Å²) in [5, 5.41) is 0. The van der Waals surface area contributed by atoms with E-state index in [0.29, 0.717) is 33.4 Å². The summed E-state index contributed by atoms with van der Waals surface area (Å²) in [4.78, 5) is 13.2. The molecule has 0 spiro atoms. The summed E-state index contributed by atoms with van der Waals surface area (Å²) in [6.07, 6.45) is -9.26. The number of benzene rings is 4. The third-order valence-electron chi connectivity index (χ3n) is 6.20. The van der Waals surface area contributed by atoms with Gasteiger partial charge in [0, 0.05) is 22.5 Å². The Hall–Kier alpha value is -4.27. The molecule has 0 aromatic heterocycles. The van der Waals surface area contributed by atoms with Crippen LogP contribution in [-0.4, -0.2) is 5.78 Å². The maximum Gasteiger partial charge on any atom is 0.418 e. The Morgan fingerprint density at radius 1 is 0.472 bits per heavy atom. The number of carbonyl (C=O) groups is 1. The number of fused-ring (bicyclic) bond motifs is 3. The Bertz CT molecular complexity index is 1440. The summed E-state index contributed by atoms with van der Waals surface area (Å²) in [6, 6.07) is 16.6. The van der Waals surface area contributed by atoms with Gasteiger partial charge in [-0.05, 0) is 69.8 Å². The predicted octanol–water partition coefficient (Wildman–Crippen LogP) is 7.43. The fourth-order valence-corrected chi connectivity index (χ4v) is 4.40. The first-order chi connectivity index (χ1) is 16.8. The lowest BCUT2D eigenvalue weighted by Gasteiger charge is -2.12. The number of anilines is 2. The van der Waals surface area contributed by atoms with E-state index in [9.17, 15) is 31.1 Å². The van der Waals surface area contributed by atoms with Gasteiger partial charge in [0.25, 0.3) is 0 Å². The van der Waals surface area contributed by atoms with Crippen LogP contribution in [0.3, 0.4) is 0 Å². The topological polar surface area (TPSA) is 69.1 Å². The summed E-state index contributed by atoms with van der Waals surface area (Å²) < 4.78 is 79.8. The van der Waals surface area contributed by atoms with Gasteiger partial charge in [0.05, 0.1) is 11.1 Å². The molecule has 1 aliphatic carbocycles. The maximum absolute atomic E-state index is 13.3. The van der Waals surface area contributed by atoms with E-state index in [-0.39, 0.29) is 16.9 Å². The zero-order chi connectivity index (χ0) is 26.0. The third kappa shape index (κ3) is 3.86. The Kier molecular flexibility index (Phi) is 5.13. The van der Waals surface area contributed by atoms with Crippen molar-refractivity contribution in [2.75, 3.05) is 11.5 Å². The molecule has 4 aromatic carbocycles. The van der Waals surface area contributed by atoms with Crippen molar-refractivity contribution in [3.8, 4) is 33.4 Å². The van der Waals surface area contributed by atoms with E-state index in [4.69, 9.17) is 11.5 Å². The molecule has 0 heterocycles. The molecule has 0 unspecified atom stereocenters. The number of nitrogen functional groups attached to an aromatic ring is 2. The lowest BCUT2D eigenvalue weighted by atomic mass is 9.96. The molecule has 5 rings (SSSR count). The van der Waals surface area contributed by atoms with Gasteiger partial charge in [0.1, 0.15) is 0 Å². The second kappa shape index (κ2) is 7.87. The average Bonchev–Trinajstić information content (AvgIpc) is 3.09. The maximum atomic E-state index is 13.3. The summed E-state index contributed by atoms with van der Waals surface area (Å²) in [5.41, 5.74) is 11.3. The molecule has 36 heavy (non-hydrogen) atoms. The largest absolute Gasteiger partial charge is 0.418 e. The number of hydrogen-bond donors (Lipinski definition) is 2. The van der Waals surface area contributed by atoms with Gasteiger partial charge in [-0.25, -0.2) is 0 Å². The van der Waals surface area contributed by atoms with Crippen LogP contribution in [-0.2, 0) is 12.4 Å².